The van der Waals surface area contributed by atoms with Crippen molar-refractivity contribution in [2.45, 2.75) is 0 Å². The van der Waals surface area contributed by atoms with Gasteiger partial charge < -0.3 is 10.8 Å². The number of hydrogen-bond donors (Lipinski definition) is 2. The number of carboxylic acid groups (broad SMARTS) is 1. The molecule has 1 heterocycles. The Hall–Kier alpha value is -1.78. The zero-order valence-corrected chi connectivity index (χ0v) is 10.5. The van der Waals surface area contributed by atoms with Gasteiger partial charge >= 0.3 is 5.97 Å². The molecule has 0 unspecified atom stereocenters. The van der Waals surface area contributed by atoms with Crippen LogP contribution in [0.4, 0.5) is 5.69 Å². The Morgan fingerprint density at radius 2 is 2.06 bits per heavy atom. The molecular weight excluding hydrogens is 275 g/mol. The summed E-state index contributed by atoms with van der Waals surface area (Å²) >= 11 is 11.9. The predicted molar refractivity (Wildman–Crippen MR) is 71.1 cm³/mol. The normalized spacial score (nSPS) is 10.3. The molecular formula is C12H8Cl2N2O2. The summed E-state index contributed by atoms with van der Waals surface area (Å²) in [5.74, 6) is -1.12. The zero-order chi connectivity index (χ0) is 13.3. The molecule has 18 heavy (non-hydrogen) atoms. The zero-order valence-electron chi connectivity index (χ0n) is 9.02. The van der Waals surface area contributed by atoms with Crippen LogP contribution in [0.1, 0.15) is 10.4 Å². The summed E-state index contributed by atoms with van der Waals surface area (Å²) < 4.78 is 0. The minimum absolute atomic E-state index is 0.0147. The van der Waals surface area contributed by atoms with Gasteiger partial charge in [0.25, 0.3) is 0 Å². The lowest BCUT2D eigenvalue weighted by Gasteiger charge is -2.08. The summed E-state index contributed by atoms with van der Waals surface area (Å²) in [6.07, 6.45) is 1.37. The third-order valence-corrected chi connectivity index (χ3v) is 3.16. The summed E-state index contributed by atoms with van der Waals surface area (Å²) in [6.45, 7) is 0. The number of nitrogens with two attached hydrogens (primary N) is 1. The Kier molecular flexibility index (Phi) is 3.41. The molecule has 6 heteroatoms. The second-order valence-corrected chi connectivity index (χ2v) is 4.36. The summed E-state index contributed by atoms with van der Waals surface area (Å²) in [6, 6.07) is 6.28. The molecule has 0 fully saturated rings. The average molecular weight is 283 g/mol. The first-order valence-electron chi connectivity index (χ1n) is 4.94. The standard InChI is InChI=1S/C12H8Cl2N2O2/c13-9-3-1-2-7(10(9)14)11-8(12(17)18)4-6(15)5-16-11/h1-5H,15H2,(H,17,18). The Balaban J connectivity index is 2.71. The number of benzene rings is 1. The molecule has 2 rings (SSSR count). The molecule has 0 aliphatic carbocycles. The first-order chi connectivity index (χ1) is 8.50. The molecule has 0 saturated heterocycles. The quantitative estimate of drug-likeness (QED) is 0.886. The largest absolute Gasteiger partial charge is 0.478 e. The molecule has 0 saturated carbocycles. The van der Waals surface area contributed by atoms with Crippen molar-refractivity contribution in [3.63, 3.8) is 0 Å². The third kappa shape index (κ3) is 2.25. The van der Waals surface area contributed by atoms with E-state index in [1.165, 1.54) is 12.3 Å². The van der Waals surface area contributed by atoms with Gasteiger partial charge in [-0.1, -0.05) is 35.3 Å². The van der Waals surface area contributed by atoms with Crippen LogP contribution in [0.15, 0.2) is 30.5 Å². The van der Waals surface area contributed by atoms with E-state index in [-0.39, 0.29) is 22.0 Å². The molecule has 1 aromatic carbocycles. The number of nitrogens with zero attached hydrogens (tertiary/aromatic N) is 1. The van der Waals surface area contributed by atoms with Gasteiger partial charge in [-0.05, 0) is 12.1 Å². The van der Waals surface area contributed by atoms with E-state index in [0.29, 0.717) is 10.6 Å². The van der Waals surface area contributed by atoms with Crippen LogP contribution in [0, 0.1) is 0 Å². The average Bonchev–Trinajstić information content (AvgIpc) is 2.33. The summed E-state index contributed by atoms with van der Waals surface area (Å²) in [5.41, 5.74) is 6.48. The molecule has 4 nitrogen and oxygen atoms in total. The fourth-order valence-electron chi connectivity index (χ4n) is 1.55. The number of carbonyl (C=O) groups is 1. The molecule has 0 atom stereocenters. The van der Waals surface area contributed by atoms with Gasteiger partial charge in [0.2, 0.25) is 0 Å². The molecule has 3 N–H and O–H groups in total. The molecule has 0 radical (unpaired) electrons. The Morgan fingerprint density at radius 1 is 1.33 bits per heavy atom. The highest BCUT2D eigenvalue weighted by Crippen LogP contribution is 2.34. The maximum absolute atomic E-state index is 11.2. The second-order valence-electron chi connectivity index (χ2n) is 3.57. The van der Waals surface area contributed by atoms with Crippen molar-refractivity contribution < 1.29 is 9.90 Å². The van der Waals surface area contributed by atoms with E-state index in [2.05, 4.69) is 4.98 Å². The van der Waals surface area contributed by atoms with Crippen molar-refractivity contribution >= 4 is 34.9 Å². The van der Waals surface area contributed by atoms with E-state index in [1.807, 2.05) is 0 Å². The fourth-order valence-corrected chi connectivity index (χ4v) is 1.94. The lowest BCUT2D eigenvalue weighted by molar-refractivity contribution is 0.0697. The lowest BCUT2D eigenvalue weighted by atomic mass is 10.1. The molecule has 0 spiro atoms. The van der Waals surface area contributed by atoms with Gasteiger partial charge in [-0.3, -0.25) is 4.98 Å². The maximum atomic E-state index is 11.2. The Bertz CT molecular complexity index is 629. The maximum Gasteiger partial charge on any atom is 0.337 e. The number of anilines is 1. The van der Waals surface area contributed by atoms with Crippen LogP contribution in [0.5, 0.6) is 0 Å². The van der Waals surface area contributed by atoms with Crippen molar-refractivity contribution in [3.05, 3.63) is 46.1 Å². The SMILES string of the molecule is Nc1cnc(-c2cccc(Cl)c2Cl)c(C(=O)O)c1. The van der Waals surface area contributed by atoms with E-state index < -0.39 is 5.97 Å². The molecule has 0 aliphatic heterocycles. The van der Waals surface area contributed by atoms with Gasteiger partial charge in [-0.25, -0.2) is 4.79 Å². The minimum atomic E-state index is -1.12. The number of nitrogen functional groups attached to an aromatic ring is 1. The summed E-state index contributed by atoms with van der Waals surface area (Å²) in [7, 11) is 0. The summed E-state index contributed by atoms with van der Waals surface area (Å²) in [5, 5.41) is 9.74. The molecule has 92 valence electrons. The molecule has 2 aromatic rings. The number of hydrogen-bond acceptors (Lipinski definition) is 3. The van der Waals surface area contributed by atoms with Crippen LogP contribution in [0.2, 0.25) is 10.0 Å². The fraction of sp³-hybridized carbons (Fsp3) is 0. The van der Waals surface area contributed by atoms with E-state index in [4.69, 9.17) is 34.0 Å². The van der Waals surface area contributed by atoms with Crippen LogP contribution in [0.3, 0.4) is 0 Å². The molecule has 0 aliphatic rings. The van der Waals surface area contributed by atoms with Crippen molar-refractivity contribution in [1.29, 1.82) is 0 Å². The highest BCUT2D eigenvalue weighted by molar-refractivity contribution is 6.43. The number of aromatic carboxylic acids is 1. The van der Waals surface area contributed by atoms with Crippen LogP contribution in [0.25, 0.3) is 11.3 Å². The summed E-state index contributed by atoms with van der Waals surface area (Å²) in [4.78, 5) is 15.2. The van der Waals surface area contributed by atoms with Crippen LogP contribution in [-0.2, 0) is 0 Å². The molecule has 0 amide bonds. The van der Waals surface area contributed by atoms with Gasteiger partial charge in [0.05, 0.1) is 33.2 Å². The van der Waals surface area contributed by atoms with Crippen LogP contribution in [-0.4, -0.2) is 16.1 Å². The van der Waals surface area contributed by atoms with E-state index >= 15 is 0 Å². The number of halogens is 2. The van der Waals surface area contributed by atoms with Gasteiger partial charge in [0.1, 0.15) is 0 Å². The van der Waals surface area contributed by atoms with Crippen molar-refractivity contribution in [1.82, 2.24) is 4.98 Å². The van der Waals surface area contributed by atoms with Gasteiger partial charge in [0.15, 0.2) is 0 Å². The number of pyridine rings is 1. The second kappa shape index (κ2) is 4.84. The first kappa shape index (κ1) is 12.7. The highest BCUT2D eigenvalue weighted by atomic mass is 35.5. The number of rotatable bonds is 2. The van der Waals surface area contributed by atoms with E-state index in [0.717, 1.165) is 0 Å². The van der Waals surface area contributed by atoms with Gasteiger partial charge in [-0.15, -0.1) is 0 Å². The lowest BCUT2D eigenvalue weighted by Crippen LogP contribution is -2.03. The van der Waals surface area contributed by atoms with E-state index in [9.17, 15) is 4.79 Å². The van der Waals surface area contributed by atoms with Crippen LogP contribution >= 0.6 is 23.2 Å². The number of aromatic nitrogens is 1. The van der Waals surface area contributed by atoms with Gasteiger partial charge in [-0.2, -0.15) is 0 Å². The third-order valence-electron chi connectivity index (χ3n) is 2.35. The predicted octanol–water partition coefficient (Wildman–Crippen LogP) is 3.34. The molecule has 0 bridgehead atoms. The topological polar surface area (TPSA) is 76.2 Å². The minimum Gasteiger partial charge on any atom is -0.478 e. The Morgan fingerprint density at radius 3 is 2.72 bits per heavy atom. The van der Waals surface area contributed by atoms with E-state index in [1.54, 1.807) is 18.2 Å². The van der Waals surface area contributed by atoms with Crippen molar-refractivity contribution in [3.8, 4) is 11.3 Å². The van der Waals surface area contributed by atoms with Gasteiger partial charge in [0, 0.05) is 5.56 Å². The highest BCUT2D eigenvalue weighted by Gasteiger charge is 2.17. The smallest absolute Gasteiger partial charge is 0.337 e. The number of carboxylic acids is 1. The van der Waals surface area contributed by atoms with Crippen molar-refractivity contribution in [2.75, 3.05) is 5.73 Å². The van der Waals surface area contributed by atoms with Crippen molar-refractivity contribution in [2.24, 2.45) is 0 Å². The van der Waals surface area contributed by atoms with Crippen LogP contribution < -0.4 is 5.73 Å². The molecule has 1 aromatic heterocycles. The monoisotopic (exact) mass is 282 g/mol. The Labute approximate surface area is 113 Å². The first-order valence-corrected chi connectivity index (χ1v) is 5.69.